The summed E-state index contributed by atoms with van der Waals surface area (Å²) in [7, 11) is 0. The van der Waals surface area contributed by atoms with Crippen molar-refractivity contribution in [3.63, 3.8) is 0 Å². The van der Waals surface area contributed by atoms with E-state index in [9.17, 15) is 4.39 Å². The van der Waals surface area contributed by atoms with Gasteiger partial charge in [-0.1, -0.05) is 5.11 Å². The summed E-state index contributed by atoms with van der Waals surface area (Å²) in [5.41, 5.74) is 8.39. The first-order chi connectivity index (χ1) is 7.29. The maximum Gasteiger partial charge on any atom is 0.165 e. The van der Waals surface area contributed by atoms with Gasteiger partial charge in [0, 0.05) is 10.6 Å². The van der Waals surface area contributed by atoms with Gasteiger partial charge >= 0.3 is 0 Å². The van der Waals surface area contributed by atoms with Crippen LogP contribution in [-0.2, 0) is 4.74 Å². The van der Waals surface area contributed by atoms with Crippen molar-refractivity contribution < 1.29 is 13.9 Å². The van der Waals surface area contributed by atoms with Crippen molar-refractivity contribution >= 4 is 5.69 Å². The Morgan fingerprint density at radius 2 is 2.33 bits per heavy atom. The first kappa shape index (κ1) is 9.76. The van der Waals surface area contributed by atoms with Crippen LogP contribution < -0.4 is 4.74 Å². The van der Waals surface area contributed by atoms with Crippen molar-refractivity contribution in [1.82, 2.24) is 0 Å². The summed E-state index contributed by atoms with van der Waals surface area (Å²) in [6, 6.07) is 4.07. The molecule has 1 aromatic rings. The van der Waals surface area contributed by atoms with E-state index in [1.54, 1.807) is 0 Å². The first-order valence-corrected chi connectivity index (χ1v) is 4.38. The molecule has 2 rings (SSSR count). The van der Waals surface area contributed by atoms with E-state index in [1.165, 1.54) is 12.1 Å². The number of hydrogen-bond acceptors (Lipinski definition) is 3. The average Bonchev–Trinajstić information content (AvgIpc) is 2.14. The molecule has 1 aliphatic rings. The normalized spacial score (nSPS) is 15.3. The Morgan fingerprint density at radius 1 is 1.53 bits per heavy atom. The fraction of sp³-hybridized carbons (Fsp3) is 0.333. The van der Waals surface area contributed by atoms with E-state index in [4.69, 9.17) is 15.0 Å². The van der Waals surface area contributed by atoms with Crippen molar-refractivity contribution in [2.45, 2.75) is 6.10 Å². The Hall–Kier alpha value is -1.78. The van der Waals surface area contributed by atoms with Gasteiger partial charge in [-0.05, 0) is 23.7 Å². The van der Waals surface area contributed by atoms with Crippen molar-refractivity contribution in [2.75, 3.05) is 13.2 Å². The average molecular weight is 209 g/mol. The lowest BCUT2D eigenvalue weighted by atomic mass is 10.2. The van der Waals surface area contributed by atoms with Gasteiger partial charge in [-0.15, -0.1) is 0 Å². The third-order valence-corrected chi connectivity index (χ3v) is 1.98. The molecule has 0 radical (unpaired) electrons. The Bertz CT molecular complexity index is 414. The molecule has 15 heavy (non-hydrogen) atoms. The molecule has 5 nitrogen and oxygen atoms in total. The molecule has 0 spiro atoms. The van der Waals surface area contributed by atoms with Gasteiger partial charge in [0.15, 0.2) is 11.6 Å². The van der Waals surface area contributed by atoms with E-state index in [0.717, 1.165) is 6.07 Å². The number of rotatable bonds is 3. The molecule has 1 saturated heterocycles. The fourth-order valence-electron chi connectivity index (χ4n) is 1.16. The molecular formula is C9H8FN3O2. The molecule has 0 unspecified atom stereocenters. The van der Waals surface area contributed by atoms with Crippen LogP contribution >= 0.6 is 0 Å². The quantitative estimate of drug-likeness (QED) is 0.436. The van der Waals surface area contributed by atoms with Crippen LogP contribution in [-0.4, -0.2) is 19.3 Å². The zero-order valence-electron chi connectivity index (χ0n) is 7.76. The number of ether oxygens (including phenoxy) is 2. The van der Waals surface area contributed by atoms with Crippen molar-refractivity contribution in [2.24, 2.45) is 5.11 Å². The van der Waals surface area contributed by atoms with E-state index in [-0.39, 0.29) is 17.5 Å². The molecule has 0 bridgehead atoms. The number of halogens is 1. The highest BCUT2D eigenvalue weighted by molar-refractivity contribution is 5.42. The van der Waals surface area contributed by atoms with Gasteiger partial charge < -0.3 is 9.47 Å². The molecule has 1 aliphatic heterocycles. The minimum atomic E-state index is -0.535. The molecule has 6 heteroatoms. The van der Waals surface area contributed by atoms with Crippen molar-refractivity contribution in [1.29, 1.82) is 0 Å². The summed E-state index contributed by atoms with van der Waals surface area (Å²) in [6.07, 6.45) is -0.0789. The van der Waals surface area contributed by atoms with E-state index < -0.39 is 5.82 Å². The van der Waals surface area contributed by atoms with E-state index in [2.05, 4.69) is 10.0 Å². The predicted molar refractivity (Wildman–Crippen MR) is 50.4 cm³/mol. The third kappa shape index (κ3) is 2.18. The van der Waals surface area contributed by atoms with Crippen molar-refractivity contribution in [3.05, 3.63) is 34.5 Å². The maximum atomic E-state index is 13.3. The number of nitrogens with zero attached hydrogens (tertiary/aromatic N) is 3. The highest BCUT2D eigenvalue weighted by Gasteiger charge is 2.21. The summed E-state index contributed by atoms with van der Waals surface area (Å²) in [6.45, 7) is 0.967. The largest absolute Gasteiger partial charge is 0.483 e. The van der Waals surface area contributed by atoms with E-state index >= 15 is 0 Å². The molecule has 78 valence electrons. The minimum Gasteiger partial charge on any atom is -0.483 e. The summed E-state index contributed by atoms with van der Waals surface area (Å²) >= 11 is 0. The molecule has 0 atom stereocenters. The number of hydrogen-bond donors (Lipinski definition) is 0. The zero-order chi connectivity index (χ0) is 10.7. The minimum absolute atomic E-state index is 0.0789. The van der Waals surface area contributed by atoms with Gasteiger partial charge in [0.05, 0.1) is 13.2 Å². The zero-order valence-corrected chi connectivity index (χ0v) is 7.76. The Kier molecular flexibility index (Phi) is 2.71. The molecule has 0 aromatic heterocycles. The van der Waals surface area contributed by atoms with Crippen molar-refractivity contribution in [3.8, 4) is 5.75 Å². The fourth-order valence-corrected chi connectivity index (χ4v) is 1.16. The second-order valence-electron chi connectivity index (χ2n) is 3.08. The molecule has 1 aromatic carbocycles. The summed E-state index contributed by atoms with van der Waals surface area (Å²) in [5, 5.41) is 3.28. The van der Waals surface area contributed by atoms with Gasteiger partial charge in [-0.25, -0.2) is 4.39 Å². The lowest BCUT2D eigenvalue weighted by Crippen LogP contribution is -2.38. The lowest BCUT2D eigenvalue weighted by molar-refractivity contribution is -0.0808. The van der Waals surface area contributed by atoms with Crippen LogP contribution in [0, 0.1) is 5.82 Å². The molecule has 1 fully saturated rings. The van der Waals surface area contributed by atoms with Crippen LogP contribution in [0.15, 0.2) is 23.3 Å². The second kappa shape index (κ2) is 4.16. The molecule has 0 N–H and O–H groups in total. The monoisotopic (exact) mass is 209 g/mol. The standard InChI is InChI=1S/C9H8FN3O2/c10-8-3-6(12-13-11)1-2-9(8)15-7-4-14-5-7/h1-3,7H,4-5H2. The lowest BCUT2D eigenvalue weighted by Gasteiger charge is -2.26. The summed E-state index contributed by atoms with van der Waals surface area (Å²) in [5.74, 6) is -0.382. The second-order valence-corrected chi connectivity index (χ2v) is 3.08. The van der Waals surface area contributed by atoms with Gasteiger partial charge in [0.2, 0.25) is 0 Å². The van der Waals surface area contributed by atoms with Gasteiger partial charge in [0.1, 0.15) is 6.10 Å². The SMILES string of the molecule is [N-]=[N+]=Nc1ccc(OC2COC2)c(F)c1. The first-order valence-electron chi connectivity index (χ1n) is 4.38. The maximum absolute atomic E-state index is 13.3. The summed E-state index contributed by atoms with van der Waals surface area (Å²) < 4.78 is 23.5. The number of benzene rings is 1. The van der Waals surface area contributed by atoms with Crippen LogP contribution in [0.4, 0.5) is 10.1 Å². The molecular weight excluding hydrogens is 201 g/mol. The van der Waals surface area contributed by atoms with Crippen LogP contribution in [0.2, 0.25) is 0 Å². The third-order valence-electron chi connectivity index (χ3n) is 1.98. The Balaban J connectivity index is 2.14. The van der Waals surface area contributed by atoms with E-state index in [0.29, 0.717) is 13.2 Å². The molecule has 0 saturated carbocycles. The molecule has 0 aliphatic carbocycles. The Morgan fingerprint density at radius 3 is 2.87 bits per heavy atom. The molecule has 0 amide bonds. The van der Waals surface area contributed by atoms with Gasteiger partial charge in [-0.3, -0.25) is 0 Å². The highest BCUT2D eigenvalue weighted by atomic mass is 19.1. The van der Waals surface area contributed by atoms with Gasteiger partial charge in [-0.2, -0.15) is 0 Å². The van der Waals surface area contributed by atoms with E-state index in [1.807, 2.05) is 0 Å². The van der Waals surface area contributed by atoms with Crippen LogP contribution in [0.5, 0.6) is 5.75 Å². The highest BCUT2D eigenvalue weighted by Crippen LogP contribution is 2.25. The summed E-state index contributed by atoms with van der Waals surface area (Å²) in [4.78, 5) is 2.56. The van der Waals surface area contributed by atoms with Crippen LogP contribution in [0.1, 0.15) is 0 Å². The van der Waals surface area contributed by atoms with Crippen LogP contribution in [0.3, 0.4) is 0 Å². The predicted octanol–water partition coefficient (Wildman–Crippen LogP) is 2.55. The van der Waals surface area contributed by atoms with Gasteiger partial charge in [0.25, 0.3) is 0 Å². The smallest absolute Gasteiger partial charge is 0.165 e. The topological polar surface area (TPSA) is 67.2 Å². The number of azide groups is 1. The Labute approximate surface area is 85.0 Å². The van der Waals surface area contributed by atoms with Crippen LogP contribution in [0.25, 0.3) is 10.4 Å². The molecule has 1 heterocycles.